The van der Waals surface area contributed by atoms with Crippen molar-refractivity contribution in [2.45, 2.75) is 24.7 Å². The fourth-order valence-corrected chi connectivity index (χ4v) is 3.19. The van der Waals surface area contributed by atoms with Crippen LogP contribution in [0.3, 0.4) is 0 Å². The van der Waals surface area contributed by atoms with E-state index in [1.165, 1.54) is 22.8 Å². The molecule has 7 heteroatoms. The molecule has 0 atom stereocenters. The summed E-state index contributed by atoms with van der Waals surface area (Å²) in [5.41, 5.74) is 5.80. The lowest BCUT2D eigenvalue weighted by Crippen LogP contribution is -2.34. The highest BCUT2D eigenvalue weighted by molar-refractivity contribution is 7.89. The topological polar surface area (TPSA) is 96.5 Å². The molecule has 0 fully saturated rings. The summed E-state index contributed by atoms with van der Waals surface area (Å²) < 4.78 is 26.4. The van der Waals surface area contributed by atoms with Gasteiger partial charge in [0.1, 0.15) is 4.90 Å². The zero-order valence-electron chi connectivity index (χ0n) is 12.1. The van der Waals surface area contributed by atoms with Crippen LogP contribution < -0.4 is 5.73 Å². The van der Waals surface area contributed by atoms with Gasteiger partial charge in [-0.25, -0.2) is 8.42 Å². The SMILES string of the molecule is CCCCN(CCO)S(=O)(=O)c1cncc(C#CCN)c1. The summed E-state index contributed by atoms with van der Waals surface area (Å²) in [7, 11) is -3.67. The molecule has 3 N–H and O–H groups in total. The van der Waals surface area contributed by atoms with Crippen LogP contribution in [-0.2, 0) is 10.0 Å². The van der Waals surface area contributed by atoms with Gasteiger partial charge in [-0.2, -0.15) is 4.31 Å². The van der Waals surface area contributed by atoms with Crippen LogP contribution in [0.15, 0.2) is 23.4 Å². The van der Waals surface area contributed by atoms with Crippen LogP contribution in [0.1, 0.15) is 25.3 Å². The number of nitrogens with two attached hydrogens (primary N) is 1. The van der Waals surface area contributed by atoms with Crippen molar-refractivity contribution in [2.75, 3.05) is 26.2 Å². The lowest BCUT2D eigenvalue weighted by atomic mass is 10.3. The fourth-order valence-electron chi connectivity index (χ4n) is 1.73. The van der Waals surface area contributed by atoms with E-state index in [0.29, 0.717) is 12.1 Å². The third-order valence-corrected chi connectivity index (χ3v) is 4.66. The summed E-state index contributed by atoms with van der Waals surface area (Å²) in [6, 6.07) is 1.47. The van der Waals surface area contributed by atoms with E-state index in [9.17, 15) is 8.42 Å². The molecule has 0 spiro atoms. The van der Waals surface area contributed by atoms with Crippen LogP contribution in [0.2, 0.25) is 0 Å². The number of aliphatic hydroxyl groups excluding tert-OH is 1. The van der Waals surface area contributed by atoms with Crippen molar-refractivity contribution in [3.63, 3.8) is 0 Å². The average Bonchev–Trinajstić information content (AvgIpc) is 2.49. The van der Waals surface area contributed by atoms with Gasteiger partial charge in [0.2, 0.25) is 10.0 Å². The smallest absolute Gasteiger partial charge is 0.244 e. The van der Waals surface area contributed by atoms with E-state index in [0.717, 1.165) is 12.8 Å². The van der Waals surface area contributed by atoms with Crippen molar-refractivity contribution >= 4 is 10.0 Å². The predicted octanol–water partition coefficient (Wildman–Crippen LogP) is 0.175. The quantitative estimate of drug-likeness (QED) is 0.700. The summed E-state index contributed by atoms with van der Waals surface area (Å²) in [5, 5.41) is 9.06. The van der Waals surface area contributed by atoms with E-state index >= 15 is 0 Å². The Labute approximate surface area is 126 Å². The fraction of sp³-hybridized carbons (Fsp3) is 0.500. The molecule has 116 valence electrons. The van der Waals surface area contributed by atoms with Crippen molar-refractivity contribution in [1.82, 2.24) is 9.29 Å². The third-order valence-electron chi connectivity index (χ3n) is 2.80. The summed E-state index contributed by atoms with van der Waals surface area (Å²) in [6.45, 7) is 2.40. The largest absolute Gasteiger partial charge is 0.395 e. The minimum atomic E-state index is -3.67. The van der Waals surface area contributed by atoms with Gasteiger partial charge in [0, 0.05) is 31.0 Å². The molecule has 1 heterocycles. The van der Waals surface area contributed by atoms with Gasteiger partial charge in [-0.05, 0) is 12.5 Å². The highest BCUT2D eigenvalue weighted by Gasteiger charge is 2.24. The molecule has 0 unspecified atom stereocenters. The Kier molecular flexibility index (Phi) is 7.32. The Bertz CT molecular complexity index is 605. The molecule has 6 nitrogen and oxygen atoms in total. The number of sulfonamides is 1. The number of nitrogens with zero attached hydrogens (tertiary/aromatic N) is 2. The Morgan fingerprint density at radius 1 is 1.38 bits per heavy atom. The number of unbranched alkanes of at least 4 members (excludes halogenated alkanes) is 1. The van der Waals surface area contributed by atoms with Crippen molar-refractivity contribution < 1.29 is 13.5 Å². The molecule has 0 radical (unpaired) electrons. The van der Waals surface area contributed by atoms with Crippen molar-refractivity contribution in [2.24, 2.45) is 5.73 Å². The lowest BCUT2D eigenvalue weighted by Gasteiger charge is -2.20. The molecule has 21 heavy (non-hydrogen) atoms. The van der Waals surface area contributed by atoms with E-state index in [-0.39, 0.29) is 24.6 Å². The number of hydrogen-bond acceptors (Lipinski definition) is 5. The lowest BCUT2D eigenvalue weighted by molar-refractivity contribution is 0.252. The highest BCUT2D eigenvalue weighted by Crippen LogP contribution is 2.16. The van der Waals surface area contributed by atoms with E-state index in [4.69, 9.17) is 10.8 Å². The van der Waals surface area contributed by atoms with Crippen LogP contribution in [0, 0.1) is 11.8 Å². The Balaban J connectivity index is 3.09. The first-order valence-electron chi connectivity index (χ1n) is 6.81. The van der Waals surface area contributed by atoms with E-state index in [1.807, 2.05) is 6.92 Å². The molecule has 0 aliphatic carbocycles. The zero-order valence-corrected chi connectivity index (χ0v) is 12.9. The number of aromatic nitrogens is 1. The maximum absolute atomic E-state index is 12.6. The van der Waals surface area contributed by atoms with Crippen molar-refractivity contribution in [3.05, 3.63) is 24.0 Å². The van der Waals surface area contributed by atoms with Gasteiger partial charge >= 0.3 is 0 Å². The molecule has 1 aromatic rings. The molecular weight excluding hydrogens is 290 g/mol. The second-order valence-electron chi connectivity index (χ2n) is 4.40. The first-order chi connectivity index (χ1) is 10.1. The highest BCUT2D eigenvalue weighted by atomic mass is 32.2. The van der Waals surface area contributed by atoms with Gasteiger partial charge in [0.05, 0.1) is 13.2 Å². The first kappa shape index (κ1) is 17.6. The van der Waals surface area contributed by atoms with Gasteiger partial charge in [-0.3, -0.25) is 4.98 Å². The number of hydrogen-bond donors (Lipinski definition) is 2. The number of aliphatic hydroxyl groups is 1. The summed E-state index contributed by atoms with van der Waals surface area (Å²) in [5.74, 6) is 5.42. The first-order valence-corrected chi connectivity index (χ1v) is 8.25. The van der Waals surface area contributed by atoms with Crippen LogP contribution in [0.4, 0.5) is 0 Å². The summed E-state index contributed by atoms with van der Waals surface area (Å²) in [6.07, 6.45) is 4.39. The standard InChI is InChI=1S/C14H21N3O3S/c1-2-3-7-17(8-9-18)21(19,20)14-10-13(5-4-6-15)11-16-12-14/h10-12,18H,2-3,6-9,15H2,1H3. The third kappa shape index (κ3) is 5.10. The van der Waals surface area contributed by atoms with E-state index in [1.54, 1.807) is 0 Å². The molecule has 1 rings (SSSR count). The van der Waals surface area contributed by atoms with Crippen LogP contribution >= 0.6 is 0 Å². The van der Waals surface area contributed by atoms with Gasteiger partial charge < -0.3 is 10.8 Å². The minimum absolute atomic E-state index is 0.0705. The predicted molar refractivity (Wildman–Crippen MR) is 80.9 cm³/mol. The minimum Gasteiger partial charge on any atom is -0.395 e. The molecule has 1 aromatic heterocycles. The monoisotopic (exact) mass is 311 g/mol. The van der Waals surface area contributed by atoms with E-state index in [2.05, 4.69) is 16.8 Å². The molecule has 0 bridgehead atoms. The normalized spacial score (nSPS) is 11.2. The van der Waals surface area contributed by atoms with Crippen LogP contribution in [0.5, 0.6) is 0 Å². The van der Waals surface area contributed by atoms with Gasteiger partial charge in [0.15, 0.2) is 0 Å². The second kappa shape index (κ2) is 8.74. The molecule has 0 saturated heterocycles. The van der Waals surface area contributed by atoms with Crippen LogP contribution in [0.25, 0.3) is 0 Å². The summed E-state index contributed by atoms with van der Waals surface area (Å²) >= 11 is 0. The molecule has 0 aromatic carbocycles. The maximum Gasteiger partial charge on any atom is 0.244 e. The molecule has 0 amide bonds. The van der Waals surface area contributed by atoms with Gasteiger partial charge in [-0.1, -0.05) is 25.2 Å². The Morgan fingerprint density at radius 3 is 2.76 bits per heavy atom. The molecule has 0 saturated carbocycles. The van der Waals surface area contributed by atoms with Crippen molar-refractivity contribution in [3.8, 4) is 11.8 Å². The number of rotatable bonds is 7. The summed E-state index contributed by atoms with van der Waals surface area (Å²) in [4.78, 5) is 3.99. The second-order valence-corrected chi connectivity index (χ2v) is 6.33. The molecular formula is C14H21N3O3S. The van der Waals surface area contributed by atoms with Crippen LogP contribution in [-0.4, -0.2) is 49.1 Å². The average molecular weight is 311 g/mol. The van der Waals surface area contributed by atoms with Gasteiger partial charge in [-0.15, -0.1) is 0 Å². The van der Waals surface area contributed by atoms with Crippen molar-refractivity contribution in [1.29, 1.82) is 0 Å². The van der Waals surface area contributed by atoms with E-state index < -0.39 is 10.0 Å². The maximum atomic E-state index is 12.6. The zero-order chi connectivity index (χ0) is 15.7. The Morgan fingerprint density at radius 2 is 2.14 bits per heavy atom. The van der Waals surface area contributed by atoms with Gasteiger partial charge in [0.25, 0.3) is 0 Å². The Hall–Kier alpha value is -1.46. The number of pyridine rings is 1. The molecule has 0 aliphatic rings. The molecule has 0 aliphatic heterocycles.